The highest BCUT2D eigenvalue weighted by molar-refractivity contribution is 5.91. The monoisotopic (exact) mass is 833 g/mol. The van der Waals surface area contributed by atoms with Gasteiger partial charge in [-0.25, -0.2) is 9.59 Å². The Hall–Kier alpha value is -5.48. The molecule has 2 aromatic carbocycles. The lowest BCUT2D eigenvalue weighted by atomic mass is 9.72. The largest absolute Gasteiger partial charge is 0.423 e. The van der Waals surface area contributed by atoms with Crippen molar-refractivity contribution >= 4 is 23.1 Å². The van der Waals surface area contributed by atoms with Crippen LogP contribution in [0.3, 0.4) is 0 Å². The van der Waals surface area contributed by atoms with E-state index >= 15 is 0 Å². The van der Waals surface area contributed by atoms with Crippen LogP contribution >= 0.6 is 0 Å². The minimum Gasteiger partial charge on any atom is -0.423 e. The maximum atomic E-state index is 12.8. The molecule has 0 radical (unpaired) electrons. The van der Waals surface area contributed by atoms with Crippen molar-refractivity contribution in [3.63, 3.8) is 0 Å². The van der Waals surface area contributed by atoms with Crippen molar-refractivity contribution < 1.29 is 19.1 Å². The lowest BCUT2D eigenvalue weighted by Gasteiger charge is -2.33. The van der Waals surface area contributed by atoms with Crippen LogP contribution in [0.1, 0.15) is 146 Å². The normalized spacial score (nSPS) is 18.4. The van der Waals surface area contributed by atoms with Crippen molar-refractivity contribution in [1.29, 1.82) is 0 Å². The molecule has 0 saturated carbocycles. The number of hydrogen-bond donors (Lipinski definition) is 0. The van der Waals surface area contributed by atoms with Gasteiger partial charge in [-0.3, -0.25) is 0 Å². The summed E-state index contributed by atoms with van der Waals surface area (Å²) in [5.74, 6) is 0.161. The van der Waals surface area contributed by atoms with Crippen LogP contribution in [0.5, 0.6) is 11.5 Å². The summed E-state index contributed by atoms with van der Waals surface area (Å²) in [5.41, 5.74) is 14.8. The molecule has 0 saturated heterocycles. The minimum absolute atomic E-state index is 0.215. The van der Waals surface area contributed by atoms with Crippen molar-refractivity contribution in [1.82, 2.24) is 0 Å². The second-order valence-electron chi connectivity index (χ2n) is 18.4. The molecule has 0 atom stereocenters. The molecule has 0 amide bonds. The lowest BCUT2D eigenvalue weighted by molar-refractivity contribution is -0.129. The molecule has 2 aliphatic rings. The van der Waals surface area contributed by atoms with Gasteiger partial charge in [0.2, 0.25) is 0 Å². The van der Waals surface area contributed by atoms with Gasteiger partial charge in [0.25, 0.3) is 0 Å². The average Bonchev–Trinajstić information content (AvgIpc) is 3.19. The third-order valence-corrected chi connectivity index (χ3v) is 12.2. The maximum absolute atomic E-state index is 12.8. The zero-order chi connectivity index (χ0) is 45.5. The Morgan fingerprint density at radius 2 is 0.903 bits per heavy atom. The predicted octanol–water partition coefficient (Wildman–Crippen LogP) is 16.3. The van der Waals surface area contributed by atoms with E-state index in [4.69, 9.17) is 9.47 Å². The minimum atomic E-state index is -0.413. The van der Waals surface area contributed by atoms with E-state index in [-0.39, 0.29) is 10.8 Å². The Morgan fingerprint density at radius 1 is 0.548 bits per heavy atom. The molecule has 4 heteroatoms. The van der Waals surface area contributed by atoms with Gasteiger partial charge in [-0.1, -0.05) is 149 Å². The first-order valence-corrected chi connectivity index (χ1v) is 22.6. The molecule has 62 heavy (non-hydrogen) atoms. The van der Waals surface area contributed by atoms with Crippen LogP contribution < -0.4 is 9.47 Å². The molecule has 2 aromatic rings. The molecule has 0 bridgehead atoms. The number of carbonyl (C=O) groups excluding carboxylic acids is 2. The molecule has 0 N–H and O–H groups in total. The standard InChI is InChI=1S/C58H72O4/c1-13-51(47-27-31-49(32-28-47)61-55(59)39-43(5)21-15-19-41(3)25-35-53-45(7)23-17-37-57(53,9)10)52(14-2)48-29-33-50(34-30-48)62-56(60)40-44(6)22-16-20-42(4)26-36-54-46(8)24-18-38-58(54,11)12/h15-16,19-22,25-36,39-40H,13-14,17-18,23-24,37-38H2,1-12H3. The van der Waals surface area contributed by atoms with E-state index in [2.05, 4.69) is 106 Å². The van der Waals surface area contributed by atoms with E-state index in [0.29, 0.717) is 11.5 Å². The Kier molecular flexibility index (Phi) is 18.3. The molecular formula is C58H72O4. The molecule has 4 nitrogen and oxygen atoms in total. The highest BCUT2D eigenvalue weighted by atomic mass is 16.5. The fraction of sp³-hybridized carbons (Fsp3) is 0.379. The second kappa shape index (κ2) is 23.1. The van der Waals surface area contributed by atoms with Gasteiger partial charge in [0.15, 0.2) is 0 Å². The van der Waals surface area contributed by atoms with Gasteiger partial charge in [-0.2, -0.15) is 0 Å². The van der Waals surface area contributed by atoms with Crippen LogP contribution in [0.15, 0.2) is 166 Å². The fourth-order valence-electron chi connectivity index (χ4n) is 8.66. The first kappa shape index (κ1) is 49.2. The zero-order valence-electron chi connectivity index (χ0n) is 39.8. The molecule has 0 fully saturated rings. The average molecular weight is 833 g/mol. The number of carbonyl (C=O) groups is 2. The number of benzene rings is 2. The van der Waals surface area contributed by atoms with E-state index in [1.807, 2.05) is 86.7 Å². The molecule has 0 heterocycles. The molecule has 4 rings (SSSR count). The summed E-state index contributed by atoms with van der Waals surface area (Å²) in [6, 6.07) is 15.4. The van der Waals surface area contributed by atoms with Crippen LogP contribution in [0.2, 0.25) is 0 Å². The smallest absolute Gasteiger partial charge is 0.336 e. The van der Waals surface area contributed by atoms with Crippen LogP contribution in [0, 0.1) is 10.8 Å². The van der Waals surface area contributed by atoms with E-state index in [9.17, 15) is 9.59 Å². The quantitative estimate of drug-likeness (QED) is 0.0556. The maximum Gasteiger partial charge on any atom is 0.336 e. The Bertz CT molecular complexity index is 2100. The number of allylic oxidation sites excluding steroid dienone is 20. The molecule has 0 aliphatic heterocycles. The summed E-state index contributed by atoms with van der Waals surface area (Å²) in [4.78, 5) is 25.6. The number of esters is 2. The van der Waals surface area contributed by atoms with Gasteiger partial charge in [0.1, 0.15) is 11.5 Å². The van der Waals surface area contributed by atoms with Gasteiger partial charge < -0.3 is 9.47 Å². The van der Waals surface area contributed by atoms with E-state index in [0.717, 1.165) is 46.3 Å². The van der Waals surface area contributed by atoms with Gasteiger partial charge in [0, 0.05) is 12.2 Å². The van der Waals surface area contributed by atoms with Gasteiger partial charge in [-0.05, 0) is 173 Å². The molecule has 2 aliphatic carbocycles. The number of rotatable bonds is 16. The Labute approximate surface area is 374 Å². The van der Waals surface area contributed by atoms with Crippen molar-refractivity contribution in [2.75, 3.05) is 0 Å². The van der Waals surface area contributed by atoms with Gasteiger partial charge in [0.05, 0.1) is 0 Å². The first-order valence-electron chi connectivity index (χ1n) is 22.6. The second-order valence-corrected chi connectivity index (χ2v) is 18.4. The van der Waals surface area contributed by atoms with E-state index < -0.39 is 11.9 Å². The number of hydrogen-bond acceptors (Lipinski definition) is 4. The Morgan fingerprint density at radius 3 is 1.23 bits per heavy atom. The van der Waals surface area contributed by atoms with Crippen LogP contribution in [-0.2, 0) is 9.59 Å². The highest BCUT2D eigenvalue weighted by Gasteiger charge is 2.27. The van der Waals surface area contributed by atoms with Crippen molar-refractivity contribution in [2.24, 2.45) is 10.8 Å². The molecule has 0 unspecified atom stereocenters. The highest BCUT2D eigenvalue weighted by Crippen LogP contribution is 2.42. The van der Waals surface area contributed by atoms with Gasteiger partial charge in [-0.15, -0.1) is 0 Å². The first-order chi connectivity index (χ1) is 29.4. The van der Waals surface area contributed by atoms with E-state index in [1.54, 1.807) is 0 Å². The molecule has 328 valence electrons. The van der Waals surface area contributed by atoms with Gasteiger partial charge >= 0.3 is 11.9 Å². The molecular weight excluding hydrogens is 761 g/mol. The zero-order valence-corrected chi connectivity index (χ0v) is 39.8. The summed E-state index contributed by atoms with van der Waals surface area (Å²) in [5, 5.41) is 0. The van der Waals surface area contributed by atoms with Crippen molar-refractivity contribution in [3.05, 3.63) is 177 Å². The molecule has 0 aromatic heterocycles. The third-order valence-electron chi connectivity index (χ3n) is 12.2. The summed E-state index contributed by atoms with van der Waals surface area (Å²) in [6.45, 7) is 26.1. The summed E-state index contributed by atoms with van der Waals surface area (Å²) < 4.78 is 11.3. The SMILES string of the molecule is CCC(=C(CC)c1ccc(OC(=O)C=C(C)C=CC=C(C)C=CC2=C(C)CCCC2(C)C)cc1)c1ccc(OC(=O)C=C(C)C=CC=C(C)C=CC2=C(C)CCCC2(C)C)cc1. The molecule has 0 spiro atoms. The van der Waals surface area contributed by atoms with E-state index in [1.165, 1.54) is 84.1 Å². The number of ether oxygens (including phenoxy) is 2. The summed E-state index contributed by atoms with van der Waals surface area (Å²) in [6.07, 6.45) is 32.8. The van der Waals surface area contributed by atoms with Crippen molar-refractivity contribution in [3.8, 4) is 11.5 Å². The third kappa shape index (κ3) is 14.9. The van der Waals surface area contributed by atoms with Crippen LogP contribution in [0.4, 0.5) is 0 Å². The van der Waals surface area contributed by atoms with Crippen LogP contribution in [0.25, 0.3) is 11.1 Å². The fourth-order valence-corrected chi connectivity index (χ4v) is 8.66. The van der Waals surface area contributed by atoms with Crippen molar-refractivity contribution in [2.45, 2.75) is 134 Å². The Balaban J connectivity index is 1.33. The predicted molar refractivity (Wildman–Crippen MR) is 264 cm³/mol. The van der Waals surface area contributed by atoms with Crippen LogP contribution in [-0.4, -0.2) is 11.9 Å². The topological polar surface area (TPSA) is 52.6 Å². The lowest BCUT2D eigenvalue weighted by Crippen LogP contribution is -2.19. The summed E-state index contributed by atoms with van der Waals surface area (Å²) >= 11 is 0. The summed E-state index contributed by atoms with van der Waals surface area (Å²) in [7, 11) is 0.